The Bertz CT molecular complexity index is 388. The van der Waals surface area contributed by atoms with Gasteiger partial charge in [0.1, 0.15) is 5.75 Å². The fraction of sp³-hybridized carbons (Fsp3) is 0.625. The van der Waals surface area contributed by atoms with Crippen molar-refractivity contribution in [1.29, 1.82) is 0 Å². The molecule has 0 radical (unpaired) electrons. The summed E-state index contributed by atoms with van der Waals surface area (Å²) in [7, 11) is 2.15. The second kappa shape index (κ2) is 7.62. The van der Waals surface area contributed by atoms with Gasteiger partial charge in [0.15, 0.2) is 0 Å². The third kappa shape index (κ3) is 4.20. The zero-order valence-electron chi connectivity index (χ0n) is 12.8. The van der Waals surface area contributed by atoms with Crippen molar-refractivity contribution in [2.75, 3.05) is 39.9 Å². The van der Waals surface area contributed by atoms with Crippen LogP contribution in [-0.2, 0) is 4.74 Å². The molecule has 0 saturated carbocycles. The summed E-state index contributed by atoms with van der Waals surface area (Å²) >= 11 is 0. The van der Waals surface area contributed by atoms with Crippen LogP contribution in [-0.4, -0.2) is 50.9 Å². The van der Waals surface area contributed by atoms with E-state index in [4.69, 9.17) is 9.47 Å². The largest absolute Gasteiger partial charge is 0.494 e. The summed E-state index contributed by atoms with van der Waals surface area (Å²) in [6, 6.07) is 8.75. The molecular formula is C16H26N2O2. The predicted molar refractivity (Wildman–Crippen MR) is 81.3 cm³/mol. The molecule has 1 fully saturated rings. The number of rotatable bonds is 6. The third-order valence-corrected chi connectivity index (χ3v) is 3.83. The minimum absolute atomic E-state index is 0.291. The average molecular weight is 278 g/mol. The molecule has 1 aromatic rings. The molecule has 0 bridgehead atoms. The van der Waals surface area contributed by atoms with Crippen molar-refractivity contribution in [2.45, 2.75) is 26.0 Å². The number of ether oxygens (including phenoxy) is 2. The van der Waals surface area contributed by atoms with Gasteiger partial charge in [0.05, 0.1) is 19.3 Å². The lowest BCUT2D eigenvalue weighted by Gasteiger charge is -2.31. The molecule has 2 unspecified atom stereocenters. The molecule has 1 saturated heterocycles. The number of benzene rings is 1. The van der Waals surface area contributed by atoms with Gasteiger partial charge < -0.3 is 14.8 Å². The quantitative estimate of drug-likeness (QED) is 0.863. The maximum absolute atomic E-state index is 5.76. The Morgan fingerprint density at radius 3 is 2.75 bits per heavy atom. The first kappa shape index (κ1) is 15.3. The maximum Gasteiger partial charge on any atom is 0.119 e. The monoisotopic (exact) mass is 278 g/mol. The molecular weight excluding hydrogens is 252 g/mol. The summed E-state index contributed by atoms with van der Waals surface area (Å²) < 4.78 is 11.2. The Morgan fingerprint density at radius 1 is 1.40 bits per heavy atom. The Labute approximate surface area is 122 Å². The summed E-state index contributed by atoms with van der Waals surface area (Å²) in [6.07, 6.45) is 0.291. The van der Waals surface area contributed by atoms with Crippen molar-refractivity contribution >= 4 is 0 Å². The van der Waals surface area contributed by atoms with Gasteiger partial charge in [-0.3, -0.25) is 4.90 Å². The summed E-state index contributed by atoms with van der Waals surface area (Å²) in [6.45, 7) is 8.61. The van der Waals surface area contributed by atoms with Gasteiger partial charge in [0.25, 0.3) is 0 Å². The van der Waals surface area contributed by atoms with Crippen molar-refractivity contribution in [2.24, 2.45) is 0 Å². The number of nitrogens with zero attached hydrogens (tertiary/aromatic N) is 1. The molecule has 4 heteroatoms. The van der Waals surface area contributed by atoms with Crippen LogP contribution in [0.15, 0.2) is 24.3 Å². The Morgan fingerprint density at radius 2 is 2.15 bits per heavy atom. The van der Waals surface area contributed by atoms with E-state index in [9.17, 15) is 0 Å². The van der Waals surface area contributed by atoms with Gasteiger partial charge in [-0.1, -0.05) is 12.1 Å². The highest BCUT2D eigenvalue weighted by Gasteiger charge is 2.19. The maximum atomic E-state index is 5.76. The first-order chi connectivity index (χ1) is 9.70. The fourth-order valence-corrected chi connectivity index (χ4v) is 2.48. The van der Waals surface area contributed by atoms with E-state index < -0.39 is 0 Å². The van der Waals surface area contributed by atoms with Crippen LogP contribution in [0.1, 0.15) is 25.5 Å². The van der Waals surface area contributed by atoms with Crippen LogP contribution in [0.25, 0.3) is 0 Å². The zero-order valence-corrected chi connectivity index (χ0v) is 12.8. The van der Waals surface area contributed by atoms with Crippen molar-refractivity contribution in [3.8, 4) is 5.75 Å². The molecule has 1 N–H and O–H groups in total. The summed E-state index contributed by atoms with van der Waals surface area (Å²) in [5.41, 5.74) is 1.31. The van der Waals surface area contributed by atoms with Crippen LogP contribution in [0.3, 0.4) is 0 Å². The van der Waals surface area contributed by atoms with Crippen LogP contribution in [0.2, 0.25) is 0 Å². The number of hydrogen-bond donors (Lipinski definition) is 1. The number of morpholine rings is 1. The topological polar surface area (TPSA) is 33.7 Å². The SMILES string of the molecule is CCOc1ccc(C(C)N(C)CC2CNCCO2)cc1. The number of nitrogens with one attached hydrogen (secondary N) is 1. The van der Waals surface area contributed by atoms with Crippen LogP contribution in [0.4, 0.5) is 0 Å². The standard InChI is InChI=1S/C16H26N2O2/c1-4-19-15-7-5-14(6-8-15)13(2)18(3)12-16-11-17-9-10-20-16/h5-8,13,16-17H,4,9-12H2,1-3H3. The van der Waals surface area contributed by atoms with E-state index >= 15 is 0 Å². The van der Waals surface area contributed by atoms with E-state index in [-0.39, 0.29) is 0 Å². The molecule has 2 rings (SSSR count). The van der Waals surface area contributed by atoms with Gasteiger partial charge in [-0.05, 0) is 38.6 Å². The van der Waals surface area contributed by atoms with Gasteiger partial charge in [0, 0.05) is 25.7 Å². The summed E-state index contributed by atoms with van der Waals surface area (Å²) in [5.74, 6) is 0.936. The molecule has 1 aliphatic rings. The van der Waals surface area contributed by atoms with Crippen LogP contribution >= 0.6 is 0 Å². The van der Waals surface area contributed by atoms with Gasteiger partial charge >= 0.3 is 0 Å². The molecule has 0 aromatic heterocycles. The number of hydrogen-bond acceptors (Lipinski definition) is 4. The van der Waals surface area contributed by atoms with E-state index in [1.807, 2.05) is 19.1 Å². The highest BCUT2D eigenvalue weighted by molar-refractivity contribution is 5.28. The van der Waals surface area contributed by atoms with Crippen molar-refractivity contribution in [3.63, 3.8) is 0 Å². The summed E-state index contributed by atoms with van der Waals surface area (Å²) in [5, 5.41) is 3.37. The first-order valence-corrected chi connectivity index (χ1v) is 7.46. The van der Waals surface area contributed by atoms with E-state index in [0.717, 1.165) is 32.0 Å². The van der Waals surface area contributed by atoms with Gasteiger partial charge in [0.2, 0.25) is 0 Å². The van der Waals surface area contributed by atoms with Crippen LogP contribution < -0.4 is 10.1 Å². The Balaban J connectivity index is 1.89. The van der Waals surface area contributed by atoms with Gasteiger partial charge in [-0.2, -0.15) is 0 Å². The van der Waals surface area contributed by atoms with E-state index in [2.05, 4.69) is 36.3 Å². The van der Waals surface area contributed by atoms with Crippen molar-refractivity contribution in [3.05, 3.63) is 29.8 Å². The molecule has 112 valence electrons. The Hall–Kier alpha value is -1.10. The normalized spacial score (nSPS) is 20.9. The van der Waals surface area contributed by atoms with Crippen molar-refractivity contribution < 1.29 is 9.47 Å². The van der Waals surface area contributed by atoms with Gasteiger partial charge in [-0.15, -0.1) is 0 Å². The molecule has 1 heterocycles. The lowest BCUT2D eigenvalue weighted by Crippen LogP contribution is -2.44. The van der Waals surface area contributed by atoms with E-state index in [0.29, 0.717) is 18.8 Å². The second-order valence-corrected chi connectivity index (χ2v) is 5.31. The third-order valence-electron chi connectivity index (χ3n) is 3.83. The van der Waals surface area contributed by atoms with Gasteiger partial charge in [-0.25, -0.2) is 0 Å². The van der Waals surface area contributed by atoms with Crippen LogP contribution in [0, 0.1) is 0 Å². The molecule has 0 aliphatic carbocycles. The molecule has 0 spiro atoms. The number of likely N-dealkylation sites (N-methyl/N-ethyl adjacent to an activating group) is 1. The van der Waals surface area contributed by atoms with E-state index in [1.165, 1.54) is 5.56 Å². The molecule has 4 nitrogen and oxygen atoms in total. The molecule has 1 aromatic carbocycles. The minimum atomic E-state index is 0.291. The second-order valence-electron chi connectivity index (χ2n) is 5.31. The smallest absolute Gasteiger partial charge is 0.119 e. The minimum Gasteiger partial charge on any atom is -0.494 e. The highest BCUT2D eigenvalue weighted by atomic mass is 16.5. The highest BCUT2D eigenvalue weighted by Crippen LogP contribution is 2.22. The molecule has 20 heavy (non-hydrogen) atoms. The lowest BCUT2D eigenvalue weighted by molar-refractivity contribution is 0.00393. The van der Waals surface area contributed by atoms with Crippen molar-refractivity contribution in [1.82, 2.24) is 10.2 Å². The predicted octanol–water partition coefficient (Wildman–Crippen LogP) is 2.07. The Kier molecular flexibility index (Phi) is 5.83. The molecule has 1 aliphatic heterocycles. The zero-order chi connectivity index (χ0) is 14.4. The fourth-order valence-electron chi connectivity index (χ4n) is 2.48. The van der Waals surface area contributed by atoms with E-state index in [1.54, 1.807) is 0 Å². The van der Waals surface area contributed by atoms with Crippen LogP contribution in [0.5, 0.6) is 5.75 Å². The molecule has 2 atom stereocenters. The summed E-state index contributed by atoms with van der Waals surface area (Å²) in [4.78, 5) is 2.34. The lowest BCUT2D eigenvalue weighted by atomic mass is 10.1. The molecule has 0 amide bonds. The first-order valence-electron chi connectivity index (χ1n) is 7.46. The average Bonchev–Trinajstić information content (AvgIpc) is 2.48.